The number of hydrogen-bond acceptors (Lipinski definition) is 3. The molecule has 1 aliphatic heterocycles. The molecule has 0 aromatic heterocycles. The van der Waals surface area contributed by atoms with E-state index >= 15 is 0 Å². The Kier molecular flexibility index (Phi) is 9.29. The minimum atomic E-state index is 0.127. The van der Waals surface area contributed by atoms with Gasteiger partial charge in [-0.3, -0.25) is 9.79 Å². The molecule has 1 aromatic rings. The zero-order valence-electron chi connectivity index (χ0n) is 18.7. The van der Waals surface area contributed by atoms with Gasteiger partial charge >= 0.3 is 0 Å². The molecule has 1 amide bonds. The molecule has 6 nitrogen and oxygen atoms in total. The summed E-state index contributed by atoms with van der Waals surface area (Å²) in [5.41, 5.74) is 1.18. The van der Waals surface area contributed by atoms with Gasteiger partial charge in [-0.1, -0.05) is 32.9 Å². The van der Waals surface area contributed by atoms with Gasteiger partial charge in [0.1, 0.15) is 5.75 Å². The van der Waals surface area contributed by atoms with Crippen LogP contribution in [0.2, 0.25) is 0 Å². The van der Waals surface area contributed by atoms with Gasteiger partial charge in [0.15, 0.2) is 5.96 Å². The molecular weight excluding hydrogens is 364 g/mol. The van der Waals surface area contributed by atoms with Crippen molar-refractivity contribution >= 4 is 11.9 Å². The van der Waals surface area contributed by atoms with Gasteiger partial charge in [0, 0.05) is 32.6 Å². The van der Waals surface area contributed by atoms with Gasteiger partial charge in [-0.25, -0.2) is 0 Å². The van der Waals surface area contributed by atoms with E-state index in [1.165, 1.54) is 5.56 Å². The summed E-state index contributed by atoms with van der Waals surface area (Å²) in [4.78, 5) is 18.4. The predicted octanol–water partition coefficient (Wildman–Crippen LogP) is 3.74. The summed E-state index contributed by atoms with van der Waals surface area (Å²) in [6, 6.07) is 8.66. The number of carbonyl (C=O) groups excluding carboxylic acids is 1. The Labute approximate surface area is 176 Å². The van der Waals surface area contributed by atoms with E-state index in [2.05, 4.69) is 55.5 Å². The molecule has 0 aliphatic carbocycles. The number of hydrogen-bond donors (Lipinski definition) is 2. The van der Waals surface area contributed by atoms with Crippen LogP contribution in [0.4, 0.5) is 0 Å². The van der Waals surface area contributed by atoms with Crippen LogP contribution in [-0.2, 0) is 4.79 Å². The van der Waals surface area contributed by atoms with Crippen molar-refractivity contribution in [2.24, 2.45) is 10.9 Å². The van der Waals surface area contributed by atoms with Crippen molar-refractivity contribution in [1.82, 2.24) is 15.5 Å². The number of likely N-dealkylation sites (tertiary alicyclic amines) is 1. The first-order valence-electron chi connectivity index (χ1n) is 10.9. The summed E-state index contributed by atoms with van der Waals surface area (Å²) < 4.78 is 5.76. The SMILES string of the molecule is CCC(CCNC(=NC)NC(C)c1ccc(OCC(C)C)cc1)N1CCCC1=O. The summed E-state index contributed by atoms with van der Waals surface area (Å²) in [7, 11) is 1.78. The Morgan fingerprint density at radius 3 is 2.52 bits per heavy atom. The lowest BCUT2D eigenvalue weighted by Crippen LogP contribution is -2.42. The lowest BCUT2D eigenvalue weighted by atomic mass is 10.1. The van der Waals surface area contributed by atoms with Gasteiger partial charge in [-0.05, 0) is 49.8 Å². The largest absolute Gasteiger partial charge is 0.493 e. The van der Waals surface area contributed by atoms with E-state index in [0.717, 1.165) is 50.7 Å². The third-order valence-electron chi connectivity index (χ3n) is 5.33. The molecule has 29 heavy (non-hydrogen) atoms. The summed E-state index contributed by atoms with van der Waals surface area (Å²) in [5.74, 6) is 2.49. The monoisotopic (exact) mass is 402 g/mol. The van der Waals surface area contributed by atoms with Crippen LogP contribution in [0.1, 0.15) is 65.0 Å². The van der Waals surface area contributed by atoms with E-state index in [9.17, 15) is 4.79 Å². The number of guanidine groups is 1. The molecule has 2 N–H and O–H groups in total. The molecule has 6 heteroatoms. The third kappa shape index (κ3) is 7.26. The smallest absolute Gasteiger partial charge is 0.222 e. The van der Waals surface area contributed by atoms with Gasteiger partial charge in [0.05, 0.1) is 12.6 Å². The first-order chi connectivity index (χ1) is 13.9. The van der Waals surface area contributed by atoms with E-state index in [0.29, 0.717) is 24.3 Å². The van der Waals surface area contributed by atoms with Crippen LogP contribution >= 0.6 is 0 Å². The van der Waals surface area contributed by atoms with Crippen molar-refractivity contribution < 1.29 is 9.53 Å². The van der Waals surface area contributed by atoms with Crippen LogP contribution in [0.3, 0.4) is 0 Å². The van der Waals surface area contributed by atoms with Crippen molar-refractivity contribution in [3.63, 3.8) is 0 Å². The van der Waals surface area contributed by atoms with Crippen LogP contribution in [0, 0.1) is 5.92 Å². The number of nitrogens with zero attached hydrogens (tertiary/aromatic N) is 2. The second kappa shape index (κ2) is 11.7. The number of rotatable bonds is 10. The summed E-state index contributed by atoms with van der Waals surface area (Å²) in [6.07, 6.45) is 3.61. The Morgan fingerprint density at radius 1 is 1.24 bits per heavy atom. The molecule has 1 aliphatic rings. The third-order valence-corrected chi connectivity index (χ3v) is 5.33. The number of nitrogens with one attached hydrogen (secondary N) is 2. The van der Waals surface area contributed by atoms with Crippen molar-refractivity contribution in [2.75, 3.05) is 26.7 Å². The lowest BCUT2D eigenvalue weighted by Gasteiger charge is -2.27. The summed E-state index contributed by atoms with van der Waals surface area (Å²) >= 11 is 0. The lowest BCUT2D eigenvalue weighted by molar-refractivity contribution is -0.129. The zero-order valence-corrected chi connectivity index (χ0v) is 18.7. The highest BCUT2D eigenvalue weighted by Crippen LogP contribution is 2.19. The normalized spacial score (nSPS) is 16.8. The molecule has 2 unspecified atom stereocenters. The number of carbonyl (C=O) groups is 1. The maximum Gasteiger partial charge on any atom is 0.222 e. The molecule has 2 atom stereocenters. The Morgan fingerprint density at radius 2 is 1.97 bits per heavy atom. The van der Waals surface area contributed by atoms with E-state index in [-0.39, 0.29) is 6.04 Å². The molecule has 162 valence electrons. The second-order valence-corrected chi connectivity index (χ2v) is 8.18. The second-order valence-electron chi connectivity index (χ2n) is 8.18. The summed E-state index contributed by atoms with van der Waals surface area (Å²) in [6.45, 7) is 11.0. The number of benzene rings is 1. The molecule has 0 bridgehead atoms. The Hall–Kier alpha value is -2.24. The van der Waals surface area contributed by atoms with Crippen molar-refractivity contribution in [3.05, 3.63) is 29.8 Å². The average molecular weight is 403 g/mol. The predicted molar refractivity (Wildman–Crippen MR) is 119 cm³/mol. The van der Waals surface area contributed by atoms with E-state index in [1.54, 1.807) is 7.05 Å². The van der Waals surface area contributed by atoms with Crippen LogP contribution in [0.5, 0.6) is 5.75 Å². The number of amides is 1. The standard InChI is InChI=1S/C23H38N4O2/c1-6-20(27-15-7-8-22(27)28)13-14-25-23(24-5)26-18(4)19-9-11-21(12-10-19)29-16-17(2)3/h9-12,17-18,20H,6-8,13-16H2,1-5H3,(H2,24,25,26). The summed E-state index contributed by atoms with van der Waals surface area (Å²) in [5, 5.41) is 6.83. The molecule has 1 aromatic carbocycles. The van der Waals surface area contributed by atoms with Crippen LogP contribution in [-0.4, -0.2) is 49.6 Å². The average Bonchev–Trinajstić information content (AvgIpc) is 3.14. The Bertz CT molecular complexity index is 657. The quantitative estimate of drug-likeness (QED) is 0.462. The molecular formula is C23H38N4O2. The molecule has 0 spiro atoms. The molecule has 2 rings (SSSR count). The van der Waals surface area contributed by atoms with Crippen molar-refractivity contribution in [1.29, 1.82) is 0 Å². The molecule has 1 fully saturated rings. The highest BCUT2D eigenvalue weighted by molar-refractivity contribution is 5.80. The van der Waals surface area contributed by atoms with E-state index in [4.69, 9.17) is 4.74 Å². The molecule has 1 heterocycles. The van der Waals surface area contributed by atoms with Gasteiger partial charge in [-0.2, -0.15) is 0 Å². The topological polar surface area (TPSA) is 66.0 Å². The highest BCUT2D eigenvalue weighted by Gasteiger charge is 2.26. The van der Waals surface area contributed by atoms with Crippen molar-refractivity contribution in [2.45, 2.75) is 65.5 Å². The van der Waals surface area contributed by atoms with Crippen molar-refractivity contribution in [3.8, 4) is 5.75 Å². The van der Waals surface area contributed by atoms with Gasteiger partial charge in [0.25, 0.3) is 0 Å². The zero-order chi connectivity index (χ0) is 21.2. The molecule has 1 saturated heterocycles. The van der Waals surface area contributed by atoms with E-state index < -0.39 is 0 Å². The molecule has 0 radical (unpaired) electrons. The minimum Gasteiger partial charge on any atom is -0.493 e. The fourth-order valence-electron chi connectivity index (χ4n) is 3.59. The van der Waals surface area contributed by atoms with Crippen LogP contribution in [0.25, 0.3) is 0 Å². The number of ether oxygens (including phenoxy) is 1. The molecule has 0 saturated carbocycles. The number of aliphatic imine (C=N–C) groups is 1. The van der Waals surface area contributed by atoms with Crippen LogP contribution < -0.4 is 15.4 Å². The first kappa shape index (κ1) is 23.0. The van der Waals surface area contributed by atoms with Gasteiger partial charge in [-0.15, -0.1) is 0 Å². The van der Waals surface area contributed by atoms with Crippen LogP contribution in [0.15, 0.2) is 29.3 Å². The fraction of sp³-hybridized carbons (Fsp3) is 0.652. The maximum absolute atomic E-state index is 12.0. The highest BCUT2D eigenvalue weighted by atomic mass is 16.5. The van der Waals surface area contributed by atoms with Gasteiger partial charge < -0.3 is 20.3 Å². The van der Waals surface area contributed by atoms with Gasteiger partial charge in [0.2, 0.25) is 5.91 Å². The Balaban J connectivity index is 1.80. The minimum absolute atomic E-state index is 0.127. The first-order valence-corrected chi connectivity index (χ1v) is 10.9. The van der Waals surface area contributed by atoms with E-state index in [1.807, 2.05) is 17.0 Å². The fourth-order valence-corrected chi connectivity index (χ4v) is 3.59. The maximum atomic E-state index is 12.0.